The van der Waals surface area contributed by atoms with Gasteiger partial charge in [-0.3, -0.25) is 4.99 Å². The van der Waals surface area contributed by atoms with Crippen LogP contribution in [-0.2, 0) is 0 Å². The maximum atomic E-state index is 6.08. The third kappa shape index (κ3) is 3.03. The Hall–Kier alpha value is -0.0800. The minimum absolute atomic E-state index is 0.102. The van der Waals surface area contributed by atoms with E-state index in [0.717, 1.165) is 18.4 Å². The van der Waals surface area contributed by atoms with Crippen LogP contribution in [0.1, 0.15) is 10.9 Å². The molecule has 3 nitrogen and oxygen atoms in total. The fourth-order valence-electron chi connectivity index (χ4n) is 2.19. The lowest BCUT2D eigenvalue weighted by atomic mass is 10.2. The van der Waals surface area contributed by atoms with Crippen molar-refractivity contribution >= 4 is 82.4 Å². The van der Waals surface area contributed by atoms with Crippen LogP contribution in [0.5, 0.6) is 0 Å². The molecular weight excluding hydrogens is 505 g/mol. The summed E-state index contributed by atoms with van der Waals surface area (Å²) in [6.07, 6.45) is 0. The number of thiophene rings is 1. The highest BCUT2D eigenvalue weighted by atomic mass is 79.9. The molecule has 0 radical (unpaired) electrons. The van der Waals surface area contributed by atoms with Gasteiger partial charge in [0, 0.05) is 19.5 Å². The van der Waals surface area contributed by atoms with Crippen molar-refractivity contribution in [3.05, 3.63) is 46.9 Å². The van der Waals surface area contributed by atoms with Gasteiger partial charge in [0.2, 0.25) is 0 Å². The third-order valence-electron chi connectivity index (χ3n) is 3.16. The minimum atomic E-state index is 0.102. The van der Waals surface area contributed by atoms with E-state index >= 15 is 0 Å². The number of benzene rings is 1. The van der Waals surface area contributed by atoms with Gasteiger partial charge in [-0.15, -0.1) is 11.3 Å². The van der Waals surface area contributed by atoms with Gasteiger partial charge in [-0.1, -0.05) is 11.6 Å². The molecule has 0 saturated carbocycles. The van der Waals surface area contributed by atoms with Crippen LogP contribution < -0.4 is 10.6 Å². The van der Waals surface area contributed by atoms with E-state index < -0.39 is 0 Å². The Kier molecular flexibility index (Phi) is 4.66. The van der Waals surface area contributed by atoms with Crippen LogP contribution in [0, 0.1) is 0 Å². The highest BCUT2D eigenvalue weighted by Gasteiger charge is 2.30. The molecular formula is C13H9Br3ClN3S. The summed E-state index contributed by atoms with van der Waals surface area (Å²) in [5.74, 6) is 0.523. The van der Waals surface area contributed by atoms with E-state index in [4.69, 9.17) is 17.3 Å². The quantitative estimate of drug-likeness (QED) is 0.570. The predicted octanol–water partition coefficient (Wildman–Crippen LogP) is 5.57. The Morgan fingerprint density at radius 1 is 1.24 bits per heavy atom. The second-order valence-corrected chi connectivity index (χ2v) is 8.97. The maximum Gasteiger partial charge on any atom is 0.196 e. The third-order valence-corrected chi connectivity index (χ3v) is 7.73. The van der Waals surface area contributed by atoms with Gasteiger partial charge in [0.05, 0.1) is 21.4 Å². The van der Waals surface area contributed by atoms with Gasteiger partial charge in [0.25, 0.3) is 0 Å². The molecule has 0 spiro atoms. The Morgan fingerprint density at radius 3 is 2.62 bits per heavy atom. The topological polar surface area (TPSA) is 41.6 Å². The largest absolute Gasteiger partial charge is 0.369 e. The van der Waals surface area contributed by atoms with E-state index in [1.54, 1.807) is 11.3 Å². The van der Waals surface area contributed by atoms with Crippen LogP contribution in [0.15, 0.2) is 42.0 Å². The van der Waals surface area contributed by atoms with Crippen molar-refractivity contribution in [3.8, 4) is 0 Å². The van der Waals surface area contributed by atoms with Crippen molar-refractivity contribution in [2.45, 2.75) is 6.04 Å². The average molecular weight is 514 g/mol. The first-order valence-electron chi connectivity index (χ1n) is 5.96. The van der Waals surface area contributed by atoms with Gasteiger partial charge in [-0.05, 0) is 72.1 Å². The molecule has 21 heavy (non-hydrogen) atoms. The van der Waals surface area contributed by atoms with Crippen molar-refractivity contribution < 1.29 is 0 Å². The summed E-state index contributed by atoms with van der Waals surface area (Å²) in [4.78, 5) is 7.62. The molecule has 1 unspecified atom stereocenters. The van der Waals surface area contributed by atoms with Gasteiger partial charge in [0.1, 0.15) is 0 Å². The van der Waals surface area contributed by atoms with Crippen molar-refractivity contribution in [3.63, 3.8) is 0 Å². The molecule has 1 aliphatic heterocycles. The summed E-state index contributed by atoms with van der Waals surface area (Å²) in [7, 11) is 0. The minimum Gasteiger partial charge on any atom is -0.369 e. The Balaban J connectivity index is 2.00. The van der Waals surface area contributed by atoms with Crippen LogP contribution in [0.2, 0.25) is 5.02 Å². The lowest BCUT2D eigenvalue weighted by molar-refractivity contribution is 0.784. The van der Waals surface area contributed by atoms with E-state index in [2.05, 4.69) is 58.8 Å². The molecule has 1 aromatic heterocycles. The van der Waals surface area contributed by atoms with Crippen LogP contribution >= 0.6 is 70.7 Å². The first-order chi connectivity index (χ1) is 9.97. The van der Waals surface area contributed by atoms with Gasteiger partial charge in [-0.25, -0.2) is 0 Å². The summed E-state index contributed by atoms with van der Waals surface area (Å²) >= 11 is 18.3. The molecule has 1 aliphatic rings. The lowest BCUT2D eigenvalue weighted by Crippen LogP contribution is -2.35. The summed E-state index contributed by atoms with van der Waals surface area (Å²) < 4.78 is 2.96. The fraction of sp³-hybridized carbons (Fsp3) is 0.154. The molecule has 0 aliphatic carbocycles. The Morgan fingerprint density at radius 2 is 2.00 bits per heavy atom. The molecule has 8 heteroatoms. The number of anilines is 1. The fourth-order valence-corrected chi connectivity index (χ4v) is 4.85. The van der Waals surface area contributed by atoms with Crippen molar-refractivity contribution in [1.29, 1.82) is 0 Å². The standard InChI is InChI=1S/C13H9Br3ClN3S/c14-7-3-6(1-2-9(7)17)20-10(5-19-13(20)18)11-4-8(15)12(16)21-11/h1-4,10H,5H2,(H2,18,19). The molecule has 0 fully saturated rings. The molecule has 2 heterocycles. The summed E-state index contributed by atoms with van der Waals surface area (Å²) in [6, 6.07) is 7.97. The van der Waals surface area contributed by atoms with Crippen LogP contribution in [-0.4, -0.2) is 12.5 Å². The number of halogens is 4. The number of nitrogens with zero attached hydrogens (tertiary/aromatic N) is 2. The molecule has 0 bridgehead atoms. The zero-order chi connectivity index (χ0) is 15.1. The molecule has 0 amide bonds. The lowest BCUT2D eigenvalue weighted by Gasteiger charge is -2.25. The highest BCUT2D eigenvalue weighted by Crippen LogP contribution is 2.41. The summed E-state index contributed by atoms with van der Waals surface area (Å²) in [6.45, 7) is 0.644. The summed E-state index contributed by atoms with van der Waals surface area (Å²) in [5.41, 5.74) is 7.05. The van der Waals surface area contributed by atoms with Crippen LogP contribution in [0.3, 0.4) is 0 Å². The van der Waals surface area contributed by atoms with Gasteiger partial charge >= 0.3 is 0 Å². The van der Waals surface area contributed by atoms with Crippen LogP contribution in [0.25, 0.3) is 0 Å². The highest BCUT2D eigenvalue weighted by molar-refractivity contribution is 9.13. The van der Waals surface area contributed by atoms with E-state index in [0.29, 0.717) is 17.5 Å². The predicted molar refractivity (Wildman–Crippen MR) is 101 cm³/mol. The average Bonchev–Trinajstić information content (AvgIpc) is 2.97. The number of hydrogen-bond donors (Lipinski definition) is 1. The maximum absolute atomic E-state index is 6.08. The van der Waals surface area contributed by atoms with E-state index in [1.807, 2.05) is 23.1 Å². The second-order valence-electron chi connectivity index (χ2n) is 4.45. The van der Waals surface area contributed by atoms with Gasteiger partial charge in [0.15, 0.2) is 5.96 Å². The van der Waals surface area contributed by atoms with Crippen molar-refractivity contribution in [2.24, 2.45) is 10.7 Å². The normalized spacial score (nSPS) is 18.2. The molecule has 2 aromatic rings. The molecule has 1 atom stereocenters. The zero-order valence-electron chi connectivity index (χ0n) is 10.5. The number of guanidine groups is 1. The first-order valence-corrected chi connectivity index (χ1v) is 9.53. The monoisotopic (exact) mass is 511 g/mol. The van der Waals surface area contributed by atoms with E-state index in [1.165, 1.54) is 4.88 Å². The first kappa shape index (κ1) is 15.8. The molecule has 1 aromatic carbocycles. The number of hydrogen-bond acceptors (Lipinski definition) is 4. The Labute approximate surface area is 156 Å². The van der Waals surface area contributed by atoms with Gasteiger partial charge in [-0.2, -0.15) is 0 Å². The van der Waals surface area contributed by atoms with E-state index in [9.17, 15) is 0 Å². The number of aliphatic imine (C=N–C) groups is 1. The summed E-state index contributed by atoms with van der Waals surface area (Å²) in [5, 5.41) is 0.673. The van der Waals surface area contributed by atoms with Crippen molar-refractivity contribution in [1.82, 2.24) is 0 Å². The molecule has 110 valence electrons. The molecule has 2 N–H and O–H groups in total. The number of nitrogens with two attached hydrogens (primary N) is 1. The second kappa shape index (κ2) is 6.20. The van der Waals surface area contributed by atoms with E-state index in [-0.39, 0.29) is 6.04 Å². The van der Waals surface area contributed by atoms with Crippen molar-refractivity contribution in [2.75, 3.05) is 11.4 Å². The Bertz CT molecular complexity index is 712. The molecule has 3 rings (SSSR count). The molecule has 0 saturated heterocycles. The zero-order valence-corrected chi connectivity index (χ0v) is 16.8. The van der Waals surface area contributed by atoms with Gasteiger partial charge < -0.3 is 10.6 Å². The number of rotatable bonds is 2. The smallest absolute Gasteiger partial charge is 0.196 e. The SMILES string of the molecule is NC1=NCC(c2cc(Br)c(Br)s2)N1c1ccc(Cl)c(Br)c1. The van der Waals surface area contributed by atoms with Crippen LogP contribution in [0.4, 0.5) is 5.69 Å².